The van der Waals surface area contributed by atoms with Crippen molar-refractivity contribution in [2.45, 2.75) is 5.92 Å². The van der Waals surface area contributed by atoms with Gasteiger partial charge in [0, 0.05) is 22.3 Å². The summed E-state index contributed by atoms with van der Waals surface area (Å²) in [7, 11) is 1.67. The molecule has 0 aliphatic heterocycles. The van der Waals surface area contributed by atoms with Crippen LogP contribution in [0.15, 0.2) is 85.2 Å². The van der Waals surface area contributed by atoms with E-state index in [0.29, 0.717) is 0 Å². The Morgan fingerprint density at radius 1 is 0.714 bits per heavy atom. The summed E-state index contributed by atoms with van der Waals surface area (Å²) in [6, 6.07) is 25.2. The molecule has 21 heavy (non-hydrogen) atoms. The molecule has 2 heteroatoms. The molecule has 0 fully saturated rings. The van der Waals surface area contributed by atoms with E-state index in [0.717, 1.165) is 0 Å². The molecule has 0 spiro atoms. The Hall–Kier alpha value is -2.61. The predicted octanol–water partition coefficient (Wildman–Crippen LogP) is 3.21. The van der Waals surface area contributed by atoms with Crippen LogP contribution in [-0.4, -0.2) is 7.11 Å². The summed E-state index contributed by atoms with van der Waals surface area (Å²) in [5.74, 6) is 0.204. The molecule has 0 saturated heterocycles. The van der Waals surface area contributed by atoms with Crippen molar-refractivity contribution >= 4 is 0 Å². The second-order valence-corrected chi connectivity index (χ2v) is 4.93. The first-order chi connectivity index (χ1) is 10.4. The molecule has 1 heterocycles. The molecule has 0 unspecified atom stereocenters. The molecule has 0 aliphatic carbocycles. The second-order valence-electron chi connectivity index (χ2n) is 4.93. The van der Waals surface area contributed by atoms with E-state index in [-0.39, 0.29) is 5.92 Å². The average Bonchev–Trinajstić information content (AvgIpc) is 2.57. The molecular weight excluding hydrogens is 258 g/mol. The van der Waals surface area contributed by atoms with E-state index < -0.39 is 0 Å². The number of benzene rings is 2. The SMILES string of the molecule is CO[n+]1cccc(C(c2ccccc2)c2ccccc2)c1. The van der Waals surface area contributed by atoms with Gasteiger partial charge in [-0.25, -0.2) is 0 Å². The Bertz CT molecular complexity index is 656. The Labute approximate surface area is 125 Å². The normalized spacial score (nSPS) is 10.6. The van der Waals surface area contributed by atoms with Crippen LogP contribution in [0.2, 0.25) is 0 Å². The Balaban J connectivity index is 2.12. The molecule has 0 bridgehead atoms. The molecule has 0 atom stereocenters. The van der Waals surface area contributed by atoms with Crippen molar-refractivity contribution in [1.82, 2.24) is 0 Å². The Morgan fingerprint density at radius 3 is 1.76 bits per heavy atom. The highest BCUT2D eigenvalue weighted by Gasteiger charge is 2.19. The van der Waals surface area contributed by atoms with E-state index in [1.165, 1.54) is 16.7 Å². The van der Waals surface area contributed by atoms with Crippen molar-refractivity contribution in [1.29, 1.82) is 0 Å². The fraction of sp³-hybridized carbons (Fsp3) is 0.105. The molecule has 0 aliphatic rings. The minimum absolute atomic E-state index is 0.204. The van der Waals surface area contributed by atoms with Crippen LogP contribution in [-0.2, 0) is 0 Å². The van der Waals surface area contributed by atoms with Gasteiger partial charge in [-0.05, 0) is 17.2 Å². The first kappa shape index (κ1) is 13.4. The maximum Gasteiger partial charge on any atom is 0.226 e. The molecule has 0 amide bonds. The summed E-state index contributed by atoms with van der Waals surface area (Å²) in [4.78, 5) is 5.29. The number of hydrogen-bond donors (Lipinski definition) is 0. The van der Waals surface area contributed by atoms with Gasteiger partial charge >= 0.3 is 0 Å². The van der Waals surface area contributed by atoms with Crippen LogP contribution in [0.5, 0.6) is 0 Å². The van der Waals surface area contributed by atoms with E-state index in [1.807, 2.05) is 30.6 Å². The van der Waals surface area contributed by atoms with Gasteiger partial charge in [0.2, 0.25) is 12.4 Å². The zero-order valence-corrected chi connectivity index (χ0v) is 12.0. The Morgan fingerprint density at radius 2 is 1.24 bits per heavy atom. The van der Waals surface area contributed by atoms with Crippen molar-refractivity contribution in [3.05, 3.63) is 102 Å². The molecule has 1 aromatic heterocycles. The number of aromatic nitrogens is 1. The monoisotopic (exact) mass is 276 g/mol. The Kier molecular flexibility index (Phi) is 3.97. The van der Waals surface area contributed by atoms with Gasteiger partial charge in [-0.3, -0.25) is 4.84 Å². The molecular formula is C19H18NO+. The zero-order chi connectivity index (χ0) is 14.5. The highest BCUT2D eigenvalue weighted by atomic mass is 16.6. The highest BCUT2D eigenvalue weighted by molar-refractivity contribution is 5.41. The molecule has 0 saturated carbocycles. The van der Waals surface area contributed by atoms with Gasteiger partial charge in [0.1, 0.15) is 7.11 Å². The third-order valence-corrected chi connectivity index (χ3v) is 3.61. The minimum atomic E-state index is 0.204. The maximum atomic E-state index is 5.29. The van der Waals surface area contributed by atoms with Gasteiger partial charge < -0.3 is 0 Å². The van der Waals surface area contributed by atoms with Crippen molar-refractivity contribution in [3.8, 4) is 0 Å². The topological polar surface area (TPSA) is 13.1 Å². The van der Waals surface area contributed by atoms with E-state index in [1.54, 1.807) is 11.8 Å². The summed E-state index contributed by atoms with van der Waals surface area (Å²) >= 11 is 0. The molecule has 0 N–H and O–H groups in total. The number of pyridine rings is 1. The molecule has 3 rings (SSSR count). The third-order valence-electron chi connectivity index (χ3n) is 3.61. The van der Waals surface area contributed by atoms with Crippen LogP contribution in [0, 0.1) is 0 Å². The van der Waals surface area contributed by atoms with Crippen LogP contribution in [0.25, 0.3) is 0 Å². The largest absolute Gasteiger partial charge is 0.275 e. The first-order valence-electron chi connectivity index (χ1n) is 7.04. The van der Waals surface area contributed by atoms with Crippen molar-refractivity contribution in [2.24, 2.45) is 0 Å². The zero-order valence-electron chi connectivity index (χ0n) is 12.0. The molecule has 104 valence electrons. The standard InChI is InChI=1S/C19H18NO/c1-21-20-14-8-13-18(15-20)19(16-9-4-2-5-10-16)17-11-6-3-7-12-17/h2-15,19H,1H3/q+1. The van der Waals surface area contributed by atoms with E-state index >= 15 is 0 Å². The van der Waals surface area contributed by atoms with E-state index in [4.69, 9.17) is 4.84 Å². The van der Waals surface area contributed by atoms with Crippen LogP contribution in [0.4, 0.5) is 0 Å². The van der Waals surface area contributed by atoms with Crippen LogP contribution < -0.4 is 9.57 Å². The lowest BCUT2D eigenvalue weighted by atomic mass is 9.86. The maximum absolute atomic E-state index is 5.29. The quantitative estimate of drug-likeness (QED) is 0.667. The lowest BCUT2D eigenvalue weighted by Gasteiger charge is -2.17. The van der Waals surface area contributed by atoms with Gasteiger partial charge in [0.15, 0.2) is 0 Å². The van der Waals surface area contributed by atoms with Gasteiger partial charge in [-0.15, -0.1) is 0 Å². The molecule has 2 nitrogen and oxygen atoms in total. The van der Waals surface area contributed by atoms with Crippen LogP contribution in [0.3, 0.4) is 0 Å². The summed E-state index contributed by atoms with van der Waals surface area (Å²) in [6.45, 7) is 0. The summed E-state index contributed by atoms with van der Waals surface area (Å²) < 4.78 is 1.73. The average molecular weight is 276 g/mol. The molecule has 0 radical (unpaired) electrons. The summed E-state index contributed by atoms with van der Waals surface area (Å²) in [5.41, 5.74) is 3.76. The van der Waals surface area contributed by atoms with Gasteiger partial charge in [-0.1, -0.05) is 60.7 Å². The van der Waals surface area contributed by atoms with Crippen LogP contribution >= 0.6 is 0 Å². The van der Waals surface area contributed by atoms with Gasteiger partial charge in [0.25, 0.3) is 0 Å². The lowest BCUT2D eigenvalue weighted by molar-refractivity contribution is -0.885. The number of nitrogens with zero attached hydrogens (tertiary/aromatic N) is 1. The van der Waals surface area contributed by atoms with Crippen molar-refractivity contribution < 1.29 is 9.57 Å². The molecule has 3 aromatic rings. The van der Waals surface area contributed by atoms with Gasteiger partial charge in [-0.2, -0.15) is 0 Å². The summed E-state index contributed by atoms with van der Waals surface area (Å²) in [5, 5.41) is 0. The smallest absolute Gasteiger partial charge is 0.226 e. The van der Waals surface area contributed by atoms with E-state index in [2.05, 4.69) is 54.6 Å². The van der Waals surface area contributed by atoms with Crippen molar-refractivity contribution in [3.63, 3.8) is 0 Å². The van der Waals surface area contributed by atoms with E-state index in [9.17, 15) is 0 Å². The van der Waals surface area contributed by atoms with Crippen LogP contribution in [0.1, 0.15) is 22.6 Å². The summed E-state index contributed by atoms with van der Waals surface area (Å²) in [6.07, 6.45) is 3.93. The third kappa shape index (κ3) is 2.95. The highest BCUT2D eigenvalue weighted by Crippen LogP contribution is 2.30. The van der Waals surface area contributed by atoms with Crippen molar-refractivity contribution in [2.75, 3.05) is 7.11 Å². The minimum Gasteiger partial charge on any atom is -0.275 e. The number of hydrogen-bond acceptors (Lipinski definition) is 1. The lowest BCUT2D eigenvalue weighted by Crippen LogP contribution is -2.40. The fourth-order valence-corrected chi connectivity index (χ4v) is 2.62. The predicted molar refractivity (Wildman–Crippen MR) is 83.0 cm³/mol. The fourth-order valence-electron chi connectivity index (χ4n) is 2.62. The number of rotatable bonds is 4. The molecule has 2 aromatic carbocycles. The van der Waals surface area contributed by atoms with Gasteiger partial charge in [0.05, 0.1) is 0 Å². The first-order valence-corrected chi connectivity index (χ1v) is 7.04. The second kappa shape index (κ2) is 6.23.